The Labute approximate surface area is 76.5 Å². The quantitative estimate of drug-likeness (QED) is 0.657. The van der Waals surface area contributed by atoms with Crippen LogP contribution in [0.1, 0.15) is 17.3 Å². The molecular weight excluding hydrogens is 190 g/mol. The van der Waals surface area contributed by atoms with Crippen LogP contribution in [-0.4, -0.2) is 25.4 Å². The number of pyridine rings is 1. The standard InChI is InChI=1S/C8H9NO3S/c1-6(10)7-5-9-4-3-8(7)13(2,11)12/h3-5H,1-2H3. The highest BCUT2D eigenvalue weighted by Gasteiger charge is 2.15. The Morgan fingerprint density at radius 3 is 2.46 bits per heavy atom. The molecule has 0 aliphatic carbocycles. The zero-order valence-corrected chi connectivity index (χ0v) is 8.13. The van der Waals surface area contributed by atoms with Gasteiger partial charge in [0.25, 0.3) is 0 Å². The molecule has 0 fully saturated rings. The fourth-order valence-corrected chi connectivity index (χ4v) is 1.87. The Kier molecular flexibility index (Phi) is 2.47. The monoisotopic (exact) mass is 199 g/mol. The summed E-state index contributed by atoms with van der Waals surface area (Å²) >= 11 is 0. The summed E-state index contributed by atoms with van der Waals surface area (Å²) in [6.07, 6.45) is 3.68. The average molecular weight is 199 g/mol. The zero-order chi connectivity index (χ0) is 10.1. The maximum atomic E-state index is 11.2. The molecule has 1 aromatic heterocycles. The van der Waals surface area contributed by atoms with Gasteiger partial charge in [-0.3, -0.25) is 9.78 Å². The molecule has 0 saturated heterocycles. The van der Waals surface area contributed by atoms with Crippen molar-refractivity contribution in [1.82, 2.24) is 4.98 Å². The molecule has 1 heterocycles. The Morgan fingerprint density at radius 2 is 2.08 bits per heavy atom. The summed E-state index contributed by atoms with van der Waals surface area (Å²) in [6, 6.07) is 1.33. The van der Waals surface area contributed by atoms with Crippen molar-refractivity contribution in [3.05, 3.63) is 24.0 Å². The van der Waals surface area contributed by atoms with E-state index in [0.29, 0.717) is 0 Å². The number of rotatable bonds is 2. The lowest BCUT2D eigenvalue weighted by Gasteiger charge is -2.02. The van der Waals surface area contributed by atoms with Gasteiger partial charge in [-0.25, -0.2) is 8.42 Å². The van der Waals surface area contributed by atoms with Crippen LogP contribution in [0.5, 0.6) is 0 Å². The predicted molar refractivity (Wildman–Crippen MR) is 47.4 cm³/mol. The van der Waals surface area contributed by atoms with Crippen molar-refractivity contribution in [2.75, 3.05) is 6.26 Å². The third-order valence-corrected chi connectivity index (χ3v) is 2.71. The second-order valence-corrected chi connectivity index (χ2v) is 4.68. The SMILES string of the molecule is CC(=O)c1cnccc1S(C)(=O)=O. The Morgan fingerprint density at radius 1 is 1.46 bits per heavy atom. The topological polar surface area (TPSA) is 64.1 Å². The summed E-state index contributed by atoms with van der Waals surface area (Å²) in [5, 5.41) is 0. The maximum Gasteiger partial charge on any atom is 0.176 e. The molecule has 5 heteroatoms. The molecule has 0 amide bonds. The van der Waals surface area contributed by atoms with Crippen LogP contribution >= 0.6 is 0 Å². The summed E-state index contributed by atoms with van der Waals surface area (Å²) in [6.45, 7) is 1.31. The van der Waals surface area contributed by atoms with E-state index in [1.54, 1.807) is 0 Å². The van der Waals surface area contributed by atoms with Crippen molar-refractivity contribution in [2.45, 2.75) is 11.8 Å². The molecule has 0 N–H and O–H groups in total. The molecule has 0 aromatic carbocycles. The van der Waals surface area contributed by atoms with E-state index in [-0.39, 0.29) is 16.2 Å². The number of hydrogen-bond acceptors (Lipinski definition) is 4. The average Bonchev–Trinajstić information content (AvgIpc) is 2.03. The molecule has 0 bridgehead atoms. The van der Waals surface area contributed by atoms with Gasteiger partial charge in [0.1, 0.15) is 0 Å². The molecule has 1 aromatic rings. The lowest BCUT2D eigenvalue weighted by Crippen LogP contribution is -2.06. The number of carbonyl (C=O) groups excluding carboxylic acids is 1. The van der Waals surface area contributed by atoms with E-state index in [1.165, 1.54) is 25.4 Å². The highest BCUT2D eigenvalue weighted by Crippen LogP contribution is 2.13. The van der Waals surface area contributed by atoms with E-state index in [1.807, 2.05) is 0 Å². The van der Waals surface area contributed by atoms with Crippen LogP contribution in [0, 0.1) is 0 Å². The molecule has 13 heavy (non-hydrogen) atoms. The van der Waals surface area contributed by atoms with Crippen molar-refractivity contribution < 1.29 is 13.2 Å². The number of ketones is 1. The first-order valence-electron chi connectivity index (χ1n) is 3.58. The number of hydrogen-bond donors (Lipinski definition) is 0. The Hall–Kier alpha value is -1.23. The van der Waals surface area contributed by atoms with Gasteiger partial charge in [-0.05, 0) is 13.0 Å². The van der Waals surface area contributed by atoms with Crippen LogP contribution < -0.4 is 0 Å². The van der Waals surface area contributed by atoms with Crippen molar-refractivity contribution in [3.8, 4) is 0 Å². The van der Waals surface area contributed by atoms with Gasteiger partial charge in [-0.1, -0.05) is 0 Å². The first kappa shape index (κ1) is 9.85. The highest BCUT2D eigenvalue weighted by atomic mass is 32.2. The van der Waals surface area contributed by atoms with Crippen LogP contribution in [-0.2, 0) is 9.84 Å². The minimum absolute atomic E-state index is 0.0370. The third-order valence-electron chi connectivity index (χ3n) is 1.56. The number of aromatic nitrogens is 1. The van der Waals surface area contributed by atoms with E-state index < -0.39 is 9.84 Å². The van der Waals surface area contributed by atoms with Gasteiger partial charge in [0.2, 0.25) is 0 Å². The molecule has 0 saturated carbocycles. The third kappa shape index (κ3) is 2.12. The smallest absolute Gasteiger partial charge is 0.176 e. The largest absolute Gasteiger partial charge is 0.294 e. The van der Waals surface area contributed by atoms with E-state index in [2.05, 4.69) is 4.98 Å². The lowest BCUT2D eigenvalue weighted by molar-refractivity contribution is 0.101. The molecule has 0 atom stereocenters. The van der Waals surface area contributed by atoms with Crippen molar-refractivity contribution >= 4 is 15.6 Å². The van der Waals surface area contributed by atoms with Crippen LogP contribution in [0.4, 0.5) is 0 Å². The molecule has 0 spiro atoms. The Balaban J connectivity index is 3.46. The van der Waals surface area contributed by atoms with Gasteiger partial charge in [-0.2, -0.15) is 0 Å². The van der Waals surface area contributed by atoms with Crippen LogP contribution in [0.15, 0.2) is 23.4 Å². The second kappa shape index (κ2) is 3.26. The van der Waals surface area contributed by atoms with Gasteiger partial charge in [-0.15, -0.1) is 0 Å². The van der Waals surface area contributed by atoms with E-state index in [9.17, 15) is 13.2 Å². The summed E-state index contributed by atoms with van der Waals surface area (Å²) in [5.74, 6) is -0.298. The van der Waals surface area contributed by atoms with E-state index in [0.717, 1.165) is 6.26 Å². The highest BCUT2D eigenvalue weighted by molar-refractivity contribution is 7.90. The number of carbonyl (C=O) groups is 1. The first-order valence-corrected chi connectivity index (χ1v) is 5.47. The molecule has 1 rings (SSSR count). The number of Topliss-reactive ketones (excluding diaryl/α,β-unsaturated/α-hetero) is 1. The predicted octanol–water partition coefficient (Wildman–Crippen LogP) is 0.688. The summed E-state index contributed by atoms with van der Waals surface area (Å²) in [4.78, 5) is 14.7. The fourth-order valence-electron chi connectivity index (χ4n) is 0.969. The molecule has 4 nitrogen and oxygen atoms in total. The summed E-state index contributed by atoms with van der Waals surface area (Å²) in [5.41, 5.74) is 0.144. The van der Waals surface area contributed by atoms with Crippen molar-refractivity contribution in [3.63, 3.8) is 0 Å². The van der Waals surface area contributed by atoms with Crippen LogP contribution in [0.2, 0.25) is 0 Å². The van der Waals surface area contributed by atoms with Crippen molar-refractivity contribution in [2.24, 2.45) is 0 Å². The van der Waals surface area contributed by atoms with Crippen LogP contribution in [0.25, 0.3) is 0 Å². The van der Waals surface area contributed by atoms with E-state index >= 15 is 0 Å². The molecule has 0 aliphatic rings. The molecule has 70 valence electrons. The van der Waals surface area contributed by atoms with Gasteiger partial charge < -0.3 is 0 Å². The van der Waals surface area contributed by atoms with Gasteiger partial charge >= 0.3 is 0 Å². The zero-order valence-electron chi connectivity index (χ0n) is 7.31. The number of nitrogens with zero attached hydrogens (tertiary/aromatic N) is 1. The minimum atomic E-state index is -3.34. The normalized spacial score (nSPS) is 11.2. The van der Waals surface area contributed by atoms with Crippen molar-refractivity contribution in [1.29, 1.82) is 0 Å². The molecule has 0 unspecified atom stereocenters. The first-order chi connectivity index (χ1) is 5.93. The van der Waals surface area contributed by atoms with Gasteiger partial charge in [0.05, 0.1) is 10.5 Å². The fraction of sp³-hybridized carbons (Fsp3) is 0.250. The molecule has 0 aliphatic heterocycles. The second-order valence-electron chi connectivity index (χ2n) is 2.70. The van der Waals surface area contributed by atoms with E-state index in [4.69, 9.17) is 0 Å². The lowest BCUT2D eigenvalue weighted by atomic mass is 10.2. The van der Waals surface area contributed by atoms with Gasteiger partial charge in [0, 0.05) is 18.6 Å². The summed E-state index contributed by atoms with van der Waals surface area (Å²) < 4.78 is 22.4. The Bertz CT molecular complexity index is 436. The summed E-state index contributed by atoms with van der Waals surface area (Å²) in [7, 11) is -3.34. The van der Waals surface area contributed by atoms with Gasteiger partial charge in [0.15, 0.2) is 15.6 Å². The maximum absolute atomic E-state index is 11.2. The van der Waals surface area contributed by atoms with Crippen LogP contribution in [0.3, 0.4) is 0 Å². The number of sulfone groups is 1. The molecular formula is C8H9NO3S. The minimum Gasteiger partial charge on any atom is -0.294 e. The molecule has 0 radical (unpaired) electrons.